The molecule has 0 radical (unpaired) electrons. The second-order valence-electron chi connectivity index (χ2n) is 3.72. The summed E-state index contributed by atoms with van der Waals surface area (Å²) in [4.78, 5) is 10.2. The summed E-state index contributed by atoms with van der Waals surface area (Å²) in [6.45, 7) is 0. The highest BCUT2D eigenvalue weighted by Gasteiger charge is 2.30. The van der Waals surface area contributed by atoms with Gasteiger partial charge in [-0.1, -0.05) is 24.3 Å². The Bertz CT molecular complexity index is 561. The minimum Gasteiger partial charge on any atom is -0.166 e. The molecule has 2 rings (SSSR count). The van der Waals surface area contributed by atoms with Crippen molar-refractivity contribution in [2.24, 2.45) is 5.18 Å². The van der Waals surface area contributed by atoms with Crippen LogP contribution in [0.1, 0.15) is 5.56 Å². The average Bonchev–Trinajstić information content (AvgIpc) is 2.38. The molecule has 0 aliphatic carbocycles. The molecule has 0 unspecified atom stereocenters. The van der Waals surface area contributed by atoms with Crippen LogP contribution in [0.2, 0.25) is 0 Å². The highest BCUT2D eigenvalue weighted by Crippen LogP contribution is 2.32. The number of rotatable bonds is 2. The summed E-state index contributed by atoms with van der Waals surface area (Å²) in [5.41, 5.74) is 0.596. The Morgan fingerprint density at radius 3 is 2.11 bits per heavy atom. The van der Waals surface area contributed by atoms with Crippen LogP contribution in [-0.4, -0.2) is 0 Å². The van der Waals surface area contributed by atoms with Crippen LogP contribution in [0.5, 0.6) is 0 Å². The van der Waals surface area contributed by atoms with Crippen molar-refractivity contribution >= 4 is 5.69 Å². The largest absolute Gasteiger partial charge is 0.416 e. The maximum absolute atomic E-state index is 12.5. The molecular formula is C13H8F3NO. The molecule has 18 heavy (non-hydrogen) atoms. The molecule has 0 aliphatic heterocycles. The monoisotopic (exact) mass is 251 g/mol. The van der Waals surface area contributed by atoms with Gasteiger partial charge in [0.2, 0.25) is 0 Å². The standard InChI is InChI=1S/C13H8F3NO/c14-13(15,16)11-3-1-2-10(8-11)9-4-6-12(17-18)7-5-9/h1-8H. The number of nitrogens with zero attached hydrogens (tertiary/aromatic N) is 1. The number of nitroso groups, excluding NO2 is 1. The molecule has 0 saturated carbocycles. The second-order valence-corrected chi connectivity index (χ2v) is 3.72. The highest BCUT2D eigenvalue weighted by atomic mass is 19.4. The van der Waals surface area contributed by atoms with Gasteiger partial charge in [-0.2, -0.15) is 13.2 Å². The molecule has 0 aromatic heterocycles. The zero-order valence-electron chi connectivity index (χ0n) is 9.11. The van der Waals surface area contributed by atoms with Crippen molar-refractivity contribution in [1.82, 2.24) is 0 Å². The Balaban J connectivity index is 2.41. The summed E-state index contributed by atoms with van der Waals surface area (Å²) >= 11 is 0. The van der Waals surface area contributed by atoms with Crippen LogP contribution in [0.25, 0.3) is 11.1 Å². The van der Waals surface area contributed by atoms with E-state index in [0.29, 0.717) is 11.1 Å². The lowest BCUT2D eigenvalue weighted by Gasteiger charge is -2.08. The van der Waals surface area contributed by atoms with E-state index in [1.165, 1.54) is 18.2 Å². The topological polar surface area (TPSA) is 29.4 Å². The zero-order chi connectivity index (χ0) is 13.2. The van der Waals surface area contributed by atoms with Crippen molar-refractivity contribution in [2.75, 3.05) is 0 Å². The Kier molecular flexibility index (Phi) is 3.14. The summed E-state index contributed by atoms with van der Waals surface area (Å²) in [6, 6.07) is 11.1. The molecule has 0 amide bonds. The second kappa shape index (κ2) is 4.60. The average molecular weight is 251 g/mol. The van der Waals surface area contributed by atoms with Gasteiger partial charge < -0.3 is 0 Å². The van der Waals surface area contributed by atoms with E-state index in [0.717, 1.165) is 12.1 Å². The van der Waals surface area contributed by atoms with E-state index in [1.54, 1.807) is 18.2 Å². The van der Waals surface area contributed by atoms with E-state index in [2.05, 4.69) is 5.18 Å². The SMILES string of the molecule is O=Nc1ccc(-c2cccc(C(F)(F)F)c2)cc1. The number of alkyl halides is 3. The van der Waals surface area contributed by atoms with Crippen LogP contribution in [0, 0.1) is 4.91 Å². The molecule has 0 fully saturated rings. The quantitative estimate of drug-likeness (QED) is 0.707. The van der Waals surface area contributed by atoms with Crippen LogP contribution in [0.15, 0.2) is 53.7 Å². The molecule has 0 aliphatic rings. The van der Waals surface area contributed by atoms with Crippen LogP contribution in [0.4, 0.5) is 18.9 Å². The molecule has 0 bridgehead atoms. The van der Waals surface area contributed by atoms with Gasteiger partial charge in [-0.15, -0.1) is 4.91 Å². The number of hydrogen-bond acceptors (Lipinski definition) is 2. The summed E-state index contributed by atoms with van der Waals surface area (Å²) in [6.07, 6.45) is -4.36. The van der Waals surface area contributed by atoms with Crippen molar-refractivity contribution < 1.29 is 13.2 Å². The Morgan fingerprint density at radius 2 is 1.56 bits per heavy atom. The van der Waals surface area contributed by atoms with E-state index in [-0.39, 0.29) is 5.69 Å². The summed E-state index contributed by atoms with van der Waals surface area (Å²) < 4.78 is 37.6. The molecule has 0 heterocycles. The van der Waals surface area contributed by atoms with Crippen LogP contribution >= 0.6 is 0 Å². The predicted molar refractivity (Wildman–Crippen MR) is 62.3 cm³/mol. The van der Waals surface area contributed by atoms with Crippen molar-refractivity contribution in [1.29, 1.82) is 0 Å². The number of hydrogen-bond donors (Lipinski definition) is 0. The number of halogens is 3. The van der Waals surface area contributed by atoms with Gasteiger partial charge in [-0.25, -0.2) is 0 Å². The van der Waals surface area contributed by atoms with E-state index in [1.807, 2.05) is 0 Å². The molecule has 5 heteroatoms. The molecule has 0 saturated heterocycles. The first-order chi connectivity index (χ1) is 8.50. The van der Waals surface area contributed by atoms with Gasteiger partial charge in [-0.05, 0) is 40.6 Å². The van der Waals surface area contributed by atoms with Crippen LogP contribution < -0.4 is 0 Å². The fourth-order valence-electron chi connectivity index (χ4n) is 1.59. The normalized spacial score (nSPS) is 11.3. The van der Waals surface area contributed by atoms with Crippen molar-refractivity contribution in [3.63, 3.8) is 0 Å². The molecule has 2 aromatic rings. The minimum absolute atomic E-state index is 0.241. The van der Waals surface area contributed by atoms with Gasteiger partial charge in [0.25, 0.3) is 0 Å². The predicted octanol–water partition coefficient (Wildman–Crippen LogP) is 4.77. The Hall–Kier alpha value is -2.17. The molecule has 2 aromatic carbocycles. The number of benzene rings is 2. The van der Waals surface area contributed by atoms with Crippen molar-refractivity contribution in [3.8, 4) is 11.1 Å². The lowest BCUT2D eigenvalue weighted by atomic mass is 10.0. The summed E-state index contributed by atoms with van der Waals surface area (Å²) in [7, 11) is 0. The molecule has 0 atom stereocenters. The molecular weight excluding hydrogens is 243 g/mol. The lowest BCUT2D eigenvalue weighted by Crippen LogP contribution is -2.04. The van der Waals surface area contributed by atoms with Crippen LogP contribution in [-0.2, 0) is 6.18 Å². The van der Waals surface area contributed by atoms with Gasteiger partial charge in [0.05, 0.1) is 5.56 Å². The Morgan fingerprint density at radius 1 is 0.889 bits per heavy atom. The van der Waals surface area contributed by atoms with E-state index in [9.17, 15) is 18.1 Å². The first-order valence-corrected chi connectivity index (χ1v) is 5.12. The zero-order valence-corrected chi connectivity index (χ0v) is 9.11. The van der Waals surface area contributed by atoms with Gasteiger partial charge in [0.15, 0.2) is 0 Å². The van der Waals surface area contributed by atoms with E-state index < -0.39 is 11.7 Å². The Labute approximate surface area is 101 Å². The fraction of sp³-hybridized carbons (Fsp3) is 0.0769. The third kappa shape index (κ3) is 2.56. The summed E-state index contributed by atoms with van der Waals surface area (Å²) in [5, 5.41) is 2.73. The van der Waals surface area contributed by atoms with Gasteiger partial charge in [-0.3, -0.25) is 0 Å². The van der Waals surface area contributed by atoms with Gasteiger partial charge in [0, 0.05) is 0 Å². The highest BCUT2D eigenvalue weighted by molar-refractivity contribution is 5.66. The van der Waals surface area contributed by atoms with Gasteiger partial charge >= 0.3 is 6.18 Å². The fourth-order valence-corrected chi connectivity index (χ4v) is 1.59. The minimum atomic E-state index is -4.36. The van der Waals surface area contributed by atoms with Crippen molar-refractivity contribution in [2.45, 2.75) is 6.18 Å². The first-order valence-electron chi connectivity index (χ1n) is 5.12. The third-order valence-corrected chi connectivity index (χ3v) is 2.50. The summed E-state index contributed by atoms with van der Waals surface area (Å²) in [5.74, 6) is 0. The third-order valence-electron chi connectivity index (χ3n) is 2.50. The maximum Gasteiger partial charge on any atom is 0.416 e. The molecule has 92 valence electrons. The first kappa shape index (κ1) is 12.3. The molecule has 0 spiro atoms. The van der Waals surface area contributed by atoms with E-state index >= 15 is 0 Å². The molecule has 2 nitrogen and oxygen atoms in total. The van der Waals surface area contributed by atoms with Crippen LogP contribution in [0.3, 0.4) is 0 Å². The lowest BCUT2D eigenvalue weighted by molar-refractivity contribution is -0.137. The smallest absolute Gasteiger partial charge is 0.166 e. The van der Waals surface area contributed by atoms with Gasteiger partial charge in [0.1, 0.15) is 5.69 Å². The maximum atomic E-state index is 12.5. The van der Waals surface area contributed by atoms with E-state index in [4.69, 9.17) is 0 Å². The van der Waals surface area contributed by atoms with Crippen molar-refractivity contribution in [3.05, 3.63) is 59.0 Å². The molecule has 0 N–H and O–H groups in total.